The van der Waals surface area contributed by atoms with Crippen molar-refractivity contribution in [2.75, 3.05) is 39.6 Å². The maximum atomic E-state index is 13.1. The van der Waals surface area contributed by atoms with Crippen molar-refractivity contribution in [2.24, 2.45) is 0 Å². The van der Waals surface area contributed by atoms with E-state index in [4.69, 9.17) is 37.0 Å². The summed E-state index contributed by atoms with van der Waals surface area (Å²) in [5.41, 5.74) is 0. The normalized spacial score (nSPS) is 13.9. The third kappa shape index (κ3) is 74.1. The summed E-state index contributed by atoms with van der Waals surface area (Å²) in [5.74, 6) is -2.12. The number of aliphatic hydroxyl groups is 1. The number of ether oxygens (including phenoxy) is 4. The van der Waals surface area contributed by atoms with Gasteiger partial charge in [-0.1, -0.05) is 361 Å². The third-order valence-electron chi connectivity index (χ3n) is 18.8. The molecular formula is C81H156O17P2. The Labute approximate surface area is 612 Å². The summed E-state index contributed by atoms with van der Waals surface area (Å²) < 4.78 is 68.7. The van der Waals surface area contributed by atoms with Gasteiger partial charge in [0.15, 0.2) is 12.2 Å². The molecule has 592 valence electrons. The van der Waals surface area contributed by atoms with Crippen LogP contribution in [-0.2, 0) is 65.4 Å². The SMILES string of the molecule is CCCCCCCC/C=C\CCCCCCCC(=O)OC[C@H](COP(=O)(O)OC[C@H](O)COP(=O)(O)OC[C@@H](COC(=O)CCCCCCCCCCCCCCC)OC(=O)CCCCCCCCCCCCCCCCCCC)OC(=O)CCCCCCCCCCCCCCCCC. The number of unbranched alkanes of at least 4 members (excludes halogenated alkanes) is 53. The molecule has 0 aromatic rings. The van der Waals surface area contributed by atoms with Crippen LogP contribution >= 0.6 is 15.6 Å². The fourth-order valence-electron chi connectivity index (χ4n) is 12.3. The largest absolute Gasteiger partial charge is 0.472 e. The second-order valence-electron chi connectivity index (χ2n) is 28.8. The summed E-state index contributed by atoms with van der Waals surface area (Å²) >= 11 is 0. The van der Waals surface area contributed by atoms with Gasteiger partial charge in [0, 0.05) is 25.7 Å². The van der Waals surface area contributed by atoms with Crippen LogP contribution in [0.15, 0.2) is 12.2 Å². The highest BCUT2D eigenvalue weighted by Crippen LogP contribution is 2.45. The van der Waals surface area contributed by atoms with E-state index in [1.165, 1.54) is 238 Å². The predicted molar refractivity (Wildman–Crippen MR) is 409 cm³/mol. The maximum absolute atomic E-state index is 13.1. The van der Waals surface area contributed by atoms with E-state index in [1.54, 1.807) is 0 Å². The van der Waals surface area contributed by atoms with Crippen LogP contribution in [-0.4, -0.2) is 96.7 Å². The smallest absolute Gasteiger partial charge is 0.462 e. The van der Waals surface area contributed by atoms with Gasteiger partial charge in [-0.15, -0.1) is 0 Å². The zero-order valence-electron chi connectivity index (χ0n) is 64.9. The molecule has 0 bridgehead atoms. The van der Waals surface area contributed by atoms with Crippen LogP contribution in [0, 0.1) is 0 Å². The molecule has 0 amide bonds. The topological polar surface area (TPSA) is 237 Å². The van der Waals surface area contributed by atoms with Crippen molar-refractivity contribution in [2.45, 2.75) is 444 Å². The molecule has 0 rings (SSSR count). The van der Waals surface area contributed by atoms with Gasteiger partial charge in [0.2, 0.25) is 0 Å². The third-order valence-corrected chi connectivity index (χ3v) is 20.7. The van der Waals surface area contributed by atoms with Crippen LogP contribution in [0.25, 0.3) is 0 Å². The lowest BCUT2D eigenvalue weighted by molar-refractivity contribution is -0.161. The van der Waals surface area contributed by atoms with Crippen LogP contribution in [0.3, 0.4) is 0 Å². The van der Waals surface area contributed by atoms with Crippen molar-refractivity contribution in [3.63, 3.8) is 0 Å². The van der Waals surface area contributed by atoms with E-state index in [1.807, 2.05) is 0 Å². The van der Waals surface area contributed by atoms with E-state index in [9.17, 15) is 43.2 Å². The highest BCUT2D eigenvalue weighted by molar-refractivity contribution is 7.47. The number of esters is 4. The van der Waals surface area contributed by atoms with Crippen LogP contribution in [0.5, 0.6) is 0 Å². The average molecular weight is 1460 g/mol. The van der Waals surface area contributed by atoms with Crippen LogP contribution in [0.2, 0.25) is 0 Å². The number of hydrogen-bond donors (Lipinski definition) is 3. The number of phosphoric ester groups is 2. The van der Waals surface area contributed by atoms with E-state index in [0.29, 0.717) is 25.7 Å². The fourth-order valence-corrected chi connectivity index (χ4v) is 13.9. The molecule has 0 fully saturated rings. The average Bonchev–Trinajstić information content (AvgIpc) is 1.11. The molecule has 0 saturated carbocycles. The predicted octanol–water partition coefficient (Wildman–Crippen LogP) is 24.3. The number of allylic oxidation sites excluding steroid dienone is 2. The molecule has 0 saturated heterocycles. The zero-order valence-corrected chi connectivity index (χ0v) is 66.7. The summed E-state index contributed by atoms with van der Waals surface area (Å²) in [7, 11) is -9.92. The molecule has 0 aromatic carbocycles. The first-order valence-electron chi connectivity index (χ1n) is 41.9. The molecule has 17 nitrogen and oxygen atoms in total. The molecule has 0 aliphatic rings. The van der Waals surface area contributed by atoms with Crippen molar-refractivity contribution >= 4 is 39.5 Å². The summed E-state index contributed by atoms with van der Waals surface area (Å²) in [4.78, 5) is 73.1. The van der Waals surface area contributed by atoms with Crippen molar-refractivity contribution in [1.82, 2.24) is 0 Å². The summed E-state index contributed by atoms with van der Waals surface area (Å²) in [6.07, 6.45) is 68.9. The summed E-state index contributed by atoms with van der Waals surface area (Å²) in [5, 5.41) is 10.6. The van der Waals surface area contributed by atoms with Gasteiger partial charge in [0.05, 0.1) is 26.4 Å². The Bertz CT molecular complexity index is 1940. The second-order valence-corrected chi connectivity index (χ2v) is 31.7. The van der Waals surface area contributed by atoms with Crippen molar-refractivity contribution in [3.05, 3.63) is 12.2 Å². The Morgan fingerprint density at radius 3 is 0.690 bits per heavy atom. The summed E-state index contributed by atoms with van der Waals surface area (Å²) in [6, 6.07) is 0. The van der Waals surface area contributed by atoms with E-state index in [2.05, 4.69) is 39.8 Å². The second kappa shape index (κ2) is 75.0. The number of aliphatic hydroxyl groups excluding tert-OH is 1. The zero-order chi connectivity index (χ0) is 73.2. The molecule has 2 unspecified atom stereocenters. The lowest BCUT2D eigenvalue weighted by Gasteiger charge is -2.21. The number of carbonyl (C=O) groups excluding carboxylic acids is 4. The van der Waals surface area contributed by atoms with Gasteiger partial charge in [-0.2, -0.15) is 0 Å². The minimum absolute atomic E-state index is 0.105. The van der Waals surface area contributed by atoms with Crippen molar-refractivity contribution in [1.29, 1.82) is 0 Å². The Balaban J connectivity index is 5.28. The Kier molecular flexibility index (Phi) is 73.4. The summed E-state index contributed by atoms with van der Waals surface area (Å²) in [6.45, 7) is 5.01. The Morgan fingerprint density at radius 1 is 0.270 bits per heavy atom. The number of phosphoric acid groups is 2. The van der Waals surface area contributed by atoms with Crippen molar-refractivity contribution < 1.29 is 80.2 Å². The Hall–Kier alpha value is -2.20. The molecule has 3 N–H and O–H groups in total. The highest BCUT2D eigenvalue weighted by Gasteiger charge is 2.30. The molecule has 0 spiro atoms. The van der Waals surface area contributed by atoms with Gasteiger partial charge < -0.3 is 33.8 Å². The van der Waals surface area contributed by atoms with Gasteiger partial charge in [0.1, 0.15) is 19.3 Å². The van der Waals surface area contributed by atoms with Gasteiger partial charge >= 0.3 is 39.5 Å². The number of hydrogen-bond acceptors (Lipinski definition) is 15. The molecule has 0 aliphatic carbocycles. The Morgan fingerprint density at radius 2 is 0.460 bits per heavy atom. The van der Waals surface area contributed by atoms with Crippen LogP contribution < -0.4 is 0 Å². The molecule has 19 heteroatoms. The minimum atomic E-state index is -4.96. The van der Waals surface area contributed by atoms with E-state index < -0.39 is 97.5 Å². The lowest BCUT2D eigenvalue weighted by Crippen LogP contribution is -2.30. The highest BCUT2D eigenvalue weighted by atomic mass is 31.2. The monoisotopic (exact) mass is 1460 g/mol. The van der Waals surface area contributed by atoms with E-state index in [0.717, 1.165) is 109 Å². The number of carbonyl (C=O) groups is 4. The minimum Gasteiger partial charge on any atom is -0.462 e. The first kappa shape index (κ1) is 97.8. The van der Waals surface area contributed by atoms with Crippen LogP contribution in [0.1, 0.15) is 426 Å². The first-order chi connectivity index (χ1) is 48.7. The standard InChI is InChI=1S/C81H156O17P2/c1-5-9-13-17-21-25-29-33-36-37-40-44-48-52-56-60-64-68-81(86)98-76(71-91-78(83)65-61-57-53-49-45-41-32-28-24-20-16-12-8-4)73-95-99(87,88)93-69-75(82)70-94-100(89,90)96-74-77(97-80(85)67-63-59-55-51-47-43-39-35-31-27-23-19-15-11-7-3)72-92-79(84)66-62-58-54-50-46-42-38-34-30-26-22-18-14-10-6-2/h34,38,75-77,82H,5-33,35-37,39-74H2,1-4H3,(H,87,88)(H,89,90)/b38-34-/t75-,76-,77-/m1/s1. The molecule has 100 heavy (non-hydrogen) atoms. The van der Waals surface area contributed by atoms with Gasteiger partial charge in [-0.3, -0.25) is 37.3 Å². The van der Waals surface area contributed by atoms with Gasteiger partial charge in [-0.25, -0.2) is 9.13 Å². The molecule has 0 heterocycles. The number of rotatable bonds is 81. The molecular weight excluding hydrogens is 1310 g/mol. The lowest BCUT2D eigenvalue weighted by atomic mass is 10.0. The maximum Gasteiger partial charge on any atom is 0.472 e. The molecule has 0 radical (unpaired) electrons. The van der Waals surface area contributed by atoms with Crippen LogP contribution in [0.4, 0.5) is 0 Å². The quantitative estimate of drug-likeness (QED) is 0.0169. The van der Waals surface area contributed by atoms with Gasteiger partial charge in [-0.05, 0) is 51.4 Å². The van der Waals surface area contributed by atoms with E-state index >= 15 is 0 Å². The molecule has 0 aromatic heterocycles. The van der Waals surface area contributed by atoms with Gasteiger partial charge in [0.25, 0.3) is 0 Å². The van der Waals surface area contributed by atoms with E-state index in [-0.39, 0.29) is 25.7 Å². The van der Waals surface area contributed by atoms with Crippen molar-refractivity contribution in [3.8, 4) is 0 Å². The molecule has 5 atom stereocenters. The first-order valence-corrected chi connectivity index (χ1v) is 44.9. The fraction of sp³-hybridized carbons (Fsp3) is 0.926. The molecule has 0 aliphatic heterocycles.